The van der Waals surface area contributed by atoms with E-state index in [1.54, 1.807) is 30.3 Å². The van der Waals surface area contributed by atoms with Gasteiger partial charge in [0.15, 0.2) is 11.5 Å². The van der Waals surface area contributed by atoms with E-state index in [1.165, 1.54) is 13.2 Å². The lowest BCUT2D eigenvalue weighted by molar-refractivity contribution is 0.0473. The zero-order chi connectivity index (χ0) is 20.3. The Morgan fingerprint density at radius 2 is 1.93 bits per heavy atom. The number of carbonyl (C=O) groups excluding carboxylic acids is 1. The maximum Gasteiger partial charge on any atom is 0.338 e. The normalized spacial score (nSPS) is 10.7. The van der Waals surface area contributed by atoms with Gasteiger partial charge in [-0.1, -0.05) is 11.6 Å². The summed E-state index contributed by atoms with van der Waals surface area (Å²) in [4.78, 5) is 24.3. The average molecular weight is 403 g/mol. The van der Waals surface area contributed by atoms with Crippen molar-refractivity contribution in [1.82, 2.24) is 0 Å². The van der Waals surface area contributed by atoms with Gasteiger partial charge in [0.25, 0.3) is 0 Å². The maximum absolute atomic E-state index is 12.5. The Morgan fingerprint density at radius 3 is 2.64 bits per heavy atom. The first-order valence-corrected chi connectivity index (χ1v) is 9.01. The van der Waals surface area contributed by atoms with Gasteiger partial charge in [-0.3, -0.25) is 0 Å². The topological polar surface area (TPSA) is 75.0 Å². The predicted octanol–water partition coefficient (Wildman–Crippen LogP) is 4.52. The summed E-state index contributed by atoms with van der Waals surface area (Å²) in [5, 5.41) is 1.15. The standard InChI is InChI=1S/C21H19ClO6/c1-4-26-17-6-5-13(8-19(17)25-3)21(24)27-11-14-9-20(23)28-18-7-12(2)16(22)10-15(14)18/h5-10H,4,11H2,1-3H3. The Kier molecular flexibility index (Phi) is 5.90. The van der Waals surface area contributed by atoms with Crippen LogP contribution in [0.3, 0.4) is 0 Å². The van der Waals surface area contributed by atoms with Crippen LogP contribution in [0, 0.1) is 6.92 Å². The van der Waals surface area contributed by atoms with E-state index in [1.807, 2.05) is 13.8 Å². The van der Waals surface area contributed by atoms with E-state index < -0.39 is 11.6 Å². The van der Waals surface area contributed by atoms with Crippen LogP contribution in [-0.4, -0.2) is 19.7 Å². The third kappa shape index (κ3) is 4.12. The van der Waals surface area contributed by atoms with Crippen molar-refractivity contribution in [3.8, 4) is 11.5 Å². The van der Waals surface area contributed by atoms with Crippen molar-refractivity contribution in [2.24, 2.45) is 0 Å². The molecule has 0 bridgehead atoms. The van der Waals surface area contributed by atoms with Crippen LogP contribution in [0.25, 0.3) is 11.0 Å². The molecule has 2 aromatic carbocycles. The number of methoxy groups -OCH3 is 1. The van der Waals surface area contributed by atoms with E-state index in [0.717, 1.165) is 5.56 Å². The number of benzene rings is 2. The quantitative estimate of drug-likeness (QED) is 0.445. The molecule has 0 atom stereocenters. The van der Waals surface area contributed by atoms with Crippen LogP contribution in [0.4, 0.5) is 0 Å². The molecule has 0 aliphatic rings. The Bertz CT molecular complexity index is 1090. The molecule has 0 aliphatic heterocycles. The highest BCUT2D eigenvalue weighted by molar-refractivity contribution is 6.32. The van der Waals surface area contributed by atoms with E-state index in [4.69, 9.17) is 30.2 Å². The minimum absolute atomic E-state index is 0.101. The number of rotatable bonds is 6. The van der Waals surface area contributed by atoms with Gasteiger partial charge in [0.2, 0.25) is 0 Å². The number of esters is 1. The van der Waals surface area contributed by atoms with Gasteiger partial charge in [0.05, 0.1) is 19.3 Å². The molecule has 0 amide bonds. The molecule has 1 heterocycles. The van der Waals surface area contributed by atoms with Crippen LogP contribution in [0.2, 0.25) is 5.02 Å². The van der Waals surface area contributed by atoms with Gasteiger partial charge in [0.1, 0.15) is 12.2 Å². The minimum Gasteiger partial charge on any atom is -0.493 e. The molecule has 0 N–H and O–H groups in total. The number of ether oxygens (including phenoxy) is 3. The summed E-state index contributed by atoms with van der Waals surface area (Å²) in [6, 6.07) is 9.45. The summed E-state index contributed by atoms with van der Waals surface area (Å²) in [5.41, 5.74) is 1.47. The van der Waals surface area contributed by atoms with Gasteiger partial charge >= 0.3 is 11.6 Å². The van der Waals surface area contributed by atoms with Crippen molar-refractivity contribution >= 4 is 28.5 Å². The third-order valence-corrected chi connectivity index (χ3v) is 4.57. The van der Waals surface area contributed by atoms with Crippen LogP contribution >= 0.6 is 11.6 Å². The average Bonchev–Trinajstić information content (AvgIpc) is 2.67. The lowest BCUT2D eigenvalue weighted by Crippen LogP contribution is -2.08. The Labute approximate surface area is 166 Å². The summed E-state index contributed by atoms with van der Waals surface area (Å²) in [5.74, 6) is 0.420. The fourth-order valence-corrected chi connectivity index (χ4v) is 2.93. The number of hydrogen-bond donors (Lipinski definition) is 0. The Morgan fingerprint density at radius 1 is 1.14 bits per heavy atom. The van der Waals surface area contributed by atoms with Gasteiger partial charge in [-0.25, -0.2) is 9.59 Å². The second-order valence-electron chi connectivity index (χ2n) is 6.06. The zero-order valence-corrected chi connectivity index (χ0v) is 16.5. The number of hydrogen-bond acceptors (Lipinski definition) is 6. The van der Waals surface area contributed by atoms with Crippen molar-refractivity contribution < 1.29 is 23.4 Å². The molecule has 0 radical (unpaired) electrons. The fourth-order valence-electron chi connectivity index (χ4n) is 2.76. The summed E-state index contributed by atoms with van der Waals surface area (Å²) >= 11 is 6.18. The van der Waals surface area contributed by atoms with Crippen LogP contribution in [0.15, 0.2) is 45.6 Å². The Balaban J connectivity index is 1.85. The van der Waals surface area contributed by atoms with Crippen LogP contribution < -0.4 is 15.1 Å². The largest absolute Gasteiger partial charge is 0.493 e. The van der Waals surface area contributed by atoms with Crippen LogP contribution in [-0.2, 0) is 11.3 Å². The van der Waals surface area contributed by atoms with Crippen molar-refractivity contribution in [3.63, 3.8) is 0 Å². The van der Waals surface area contributed by atoms with Crippen LogP contribution in [0.1, 0.15) is 28.4 Å². The lowest BCUT2D eigenvalue weighted by Gasteiger charge is -2.11. The Hall–Kier alpha value is -2.99. The molecular formula is C21H19ClO6. The molecule has 0 aliphatic carbocycles. The summed E-state index contributed by atoms with van der Waals surface area (Å²) in [7, 11) is 1.49. The molecule has 28 heavy (non-hydrogen) atoms. The van der Waals surface area contributed by atoms with Gasteiger partial charge in [0, 0.05) is 22.0 Å². The molecule has 0 fully saturated rings. The molecule has 7 heteroatoms. The number of aryl methyl sites for hydroxylation is 1. The monoisotopic (exact) mass is 402 g/mol. The van der Waals surface area contributed by atoms with Crippen molar-refractivity contribution in [2.75, 3.05) is 13.7 Å². The molecule has 3 rings (SSSR count). The highest BCUT2D eigenvalue weighted by atomic mass is 35.5. The van der Waals surface area contributed by atoms with E-state index in [-0.39, 0.29) is 6.61 Å². The predicted molar refractivity (Wildman–Crippen MR) is 106 cm³/mol. The number of carbonyl (C=O) groups is 1. The van der Waals surface area contributed by atoms with E-state index >= 15 is 0 Å². The summed E-state index contributed by atoms with van der Waals surface area (Å²) in [6.45, 7) is 4.05. The van der Waals surface area contributed by atoms with Gasteiger partial charge in [-0.05, 0) is 49.7 Å². The zero-order valence-electron chi connectivity index (χ0n) is 15.7. The number of fused-ring (bicyclic) bond motifs is 1. The molecule has 0 saturated carbocycles. The summed E-state index contributed by atoms with van der Waals surface area (Å²) < 4.78 is 21.3. The second kappa shape index (κ2) is 8.35. The molecule has 0 saturated heterocycles. The number of halogens is 1. The van der Waals surface area contributed by atoms with Crippen molar-refractivity contribution in [1.29, 1.82) is 0 Å². The van der Waals surface area contributed by atoms with Gasteiger partial charge in [-0.15, -0.1) is 0 Å². The van der Waals surface area contributed by atoms with Crippen LogP contribution in [0.5, 0.6) is 11.5 Å². The van der Waals surface area contributed by atoms with E-state index in [9.17, 15) is 9.59 Å². The van der Waals surface area contributed by atoms with E-state index in [2.05, 4.69) is 0 Å². The van der Waals surface area contributed by atoms with Gasteiger partial charge < -0.3 is 18.6 Å². The molecule has 1 aromatic heterocycles. The summed E-state index contributed by atoms with van der Waals surface area (Å²) in [6.07, 6.45) is 0. The maximum atomic E-state index is 12.5. The lowest BCUT2D eigenvalue weighted by atomic mass is 10.1. The van der Waals surface area contributed by atoms with Crippen molar-refractivity contribution in [2.45, 2.75) is 20.5 Å². The first kappa shape index (κ1) is 19.8. The van der Waals surface area contributed by atoms with Gasteiger partial charge in [-0.2, -0.15) is 0 Å². The third-order valence-electron chi connectivity index (χ3n) is 4.17. The second-order valence-corrected chi connectivity index (χ2v) is 6.47. The van der Waals surface area contributed by atoms with E-state index in [0.29, 0.717) is 45.2 Å². The fraction of sp³-hybridized carbons (Fsp3) is 0.238. The molecule has 0 unspecified atom stereocenters. The molecule has 0 spiro atoms. The smallest absolute Gasteiger partial charge is 0.338 e. The molecule has 146 valence electrons. The molecular weight excluding hydrogens is 384 g/mol. The SMILES string of the molecule is CCOc1ccc(C(=O)OCc2cc(=O)oc3cc(C)c(Cl)cc23)cc1OC. The minimum atomic E-state index is -0.555. The highest BCUT2D eigenvalue weighted by Gasteiger charge is 2.14. The highest BCUT2D eigenvalue weighted by Crippen LogP contribution is 2.29. The van der Waals surface area contributed by atoms with Crippen molar-refractivity contribution in [3.05, 3.63) is 68.5 Å². The first-order valence-electron chi connectivity index (χ1n) is 8.63. The molecule has 6 nitrogen and oxygen atoms in total. The first-order chi connectivity index (χ1) is 13.4. The molecule has 3 aromatic rings.